The molecular weight excluding hydrogens is 232 g/mol. The molecule has 5 heteroatoms. The standard InChI is InChI=1S/C8H7BrN4/c1-6-3-2-4-8(10-6)13-5-7(9)11-12-13/h2-5H,1H3. The fourth-order valence-electron chi connectivity index (χ4n) is 1.01. The predicted octanol–water partition coefficient (Wildman–Crippen LogP) is 1.73. The van der Waals surface area contributed by atoms with Gasteiger partial charge in [-0.1, -0.05) is 11.3 Å². The molecule has 4 nitrogen and oxygen atoms in total. The van der Waals surface area contributed by atoms with Crippen molar-refractivity contribution in [1.29, 1.82) is 0 Å². The Morgan fingerprint density at radius 1 is 1.38 bits per heavy atom. The number of aryl methyl sites for hydroxylation is 1. The topological polar surface area (TPSA) is 43.6 Å². The zero-order valence-corrected chi connectivity index (χ0v) is 8.56. The molecule has 0 saturated carbocycles. The van der Waals surface area contributed by atoms with E-state index >= 15 is 0 Å². The first-order chi connectivity index (χ1) is 6.25. The minimum atomic E-state index is 0.704. The summed E-state index contributed by atoms with van der Waals surface area (Å²) in [4.78, 5) is 4.30. The molecule has 0 atom stereocenters. The Morgan fingerprint density at radius 2 is 2.23 bits per heavy atom. The Morgan fingerprint density at radius 3 is 2.85 bits per heavy atom. The van der Waals surface area contributed by atoms with Crippen LogP contribution in [-0.4, -0.2) is 20.0 Å². The van der Waals surface area contributed by atoms with E-state index in [0.29, 0.717) is 4.60 Å². The van der Waals surface area contributed by atoms with Crippen molar-refractivity contribution in [1.82, 2.24) is 20.0 Å². The molecule has 2 rings (SSSR count). The van der Waals surface area contributed by atoms with E-state index in [1.165, 1.54) is 0 Å². The largest absolute Gasteiger partial charge is 0.234 e. The molecule has 13 heavy (non-hydrogen) atoms. The van der Waals surface area contributed by atoms with Crippen LogP contribution in [0.15, 0.2) is 29.0 Å². The second kappa shape index (κ2) is 3.26. The first kappa shape index (κ1) is 8.37. The highest BCUT2D eigenvalue weighted by molar-refractivity contribution is 9.10. The second-order valence-electron chi connectivity index (χ2n) is 2.62. The van der Waals surface area contributed by atoms with Crippen LogP contribution in [0.4, 0.5) is 0 Å². The third-order valence-corrected chi connectivity index (χ3v) is 1.94. The van der Waals surface area contributed by atoms with Crippen molar-refractivity contribution in [3.8, 4) is 5.82 Å². The normalized spacial score (nSPS) is 10.3. The average molecular weight is 239 g/mol. The van der Waals surface area contributed by atoms with Gasteiger partial charge < -0.3 is 0 Å². The Labute approximate surface area is 83.7 Å². The van der Waals surface area contributed by atoms with Crippen LogP contribution >= 0.6 is 15.9 Å². The second-order valence-corrected chi connectivity index (χ2v) is 3.44. The van der Waals surface area contributed by atoms with E-state index in [-0.39, 0.29) is 0 Å². The number of aromatic nitrogens is 4. The molecule has 0 unspecified atom stereocenters. The maximum atomic E-state index is 4.30. The molecule has 0 bridgehead atoms. The lowest BCUT2D eigenvalue weighted by Gasteiger charge is -1.98. The molecule has 0 saturated heterocycles. The summed E-state index contributed by atoms with van der Waals surface area (Å²) < 4.78 is 2.33. The van der Waals surface area contributed by atoms with Crippen molar-refractivity contribution in [2.24, 2.45) is 0 Å². The lowest BCUT2D eigenvalue weighted by molar-refractivity contribution is 0.777. The van der Waals surface area contributed by atoms with E-state index in [1.54, 1.807) is 10.9 Å². The quantitative estimate of drug-likeness (QED) is 0.761. The molecule has 2 heterocycles. The molecule has 0 aliphatic heterocycles. The number of rotatable bonds is 1. The smallest absolute Gasteiger partial charge is 0.155 e. The van der Waals surface area contributed by atoms with Crippen LogP contribution in [0.5, 0.6) is 0 Å². The predicted molar refractivity (Wildman–Crippen MR) is 51.6 cm³/mol. The van der Waals surface area contributed by atoms with E-state index < -0.39 is 0 Å². The number of pyridine rings is 1. The van der Waals surface area contributed by atoms with Crippen LogP contribution in [0.1, 0.15) is 5.69 Å². The maximum Gasteiger partial charge on any atom is 0.155 e. The molecule has 0 aliphatic rings. The fourth-order valence-corrected chi connectivity index (χ4v) is 1.28. The third-order valence-electron chi connectivity index (χ3n) is 1.57. The third kappa shape index (κ3) is 1.75. The van der Waals surface area contributed by atoms with Gasteiger partial charge in [0.25, 0.3) is 0 Å². The first-order valence-electron chi connectivity index (χ1n) is 3.77. The van der Waals surface area contributed by atoms with Gasteiger partial charge in [-0.3, -0.25) is 0 Å². The van der Waals surface area contributed by atoms with Gasteiger partial charge in [-0.25, -0.2) is 9.67 Å². The van der Waals surface area contributed by atoms with Crippen LogP contribution < -0.4 is 0 Å². The van der Waals surface area contributed by atoms with Crippen LogP contribution in [0, 0.1) is 6.92 Å². The van der Waals surface area contributed by atoms with Gasteiger partial charge in [0.05, 0.1) is 6.20 Å². The van der Waals surface area contributed by atoms with Gasteiger partial charge in [0.2, 0.25) is 0 Å². The van der Waals surface area contributed by atoms with Crippen molar-refractivity contribution in [3.05, 3.63) is 34.7 Å². The van der Waals surface area contributed by atoms with E-state index in [0.717, 1.165) is 11.5 Å². The number of halogens is 1. The average Bonchev–Trinajstić information content (AvgIpc) is 2.52. The van der Waals surface area contributed by atoms with E-state index in [2.05, 4.69) is 31.2 Å². The van der Waals surface area contributed by atoms with Gasteiger partial charge in [-0.05, 0) is 35.0 Å². The summed E-state index contributed by atoms with van der Waals surface area (Å²) in [6.07, 6.45) is 1.77. The SMILES string of the molecule is Cc1cccc(-n2cc(Br)nn2)n1. The maximum absolute atomic E-state index is 4.30. The van der Waals surface area contributed by atoms with Gasteiger partial charge in [-0.2, -0.15) is 0 Å². The lowest BCUT2D eigenvalue weighted by Crippen LogP contribution is -1.98. The van der Waals surface area contributed by atoms with E-state index in [4.69, 9.17) is 0 Å². The lowest BCUT2D eigenvalue weighted by atomic mass is 10.4. The summed E-state index contributed by atoms with van der Waals surface area (Å²) in [5.74, 6) is 0.776. The number of hydrogen-bond acceptors (Lipinski definition) is 3. The molecule has 0 N–H and O–H groups in total. The first-order valence-corrected chi connectivity index (χ1v) is 4.57. The molecule has 0 amide bonds. The summed E-state index contributed by atoms with van der Waals surface area (Å²) in [5.41, 5.74) is 0.962. The fraction of sp³-hybridized carbons (Fsp3) is 0.125. The van der Waals surface area contributed by atoms with Gasteiger partial charge in [0.15, 0.2) is 5.82 Å². The summed E-state index contributed by atoms with van der Waals surface area (Å²) in [6.45, 7) is 1.94. The molecule has 0 aromatic carbocycles. The minimum absolute atomic E-state index is 0.704. The minimum Gasteiger partial charge on any atom is -0.234 e. The van der Waals surface area contributed by atoms with Crippen LogP contribution in [0.3, 0.4) is 0 Å². The molecule has 0 radical (unpaired) electrons. The molecule has 0 spiro atoms. The van der Waals surface area contributed by atoms with E-state index in [9.17, 15) is 0 Å². The molecular formula is C8H7BrN4. The van der Waals surface area contributed by atoms with Crippen molar-refractivity contribution in [3.63, 3.8) is 0 Å². The summed E-state index contributed by atoms with van der Waals surface area (Å²) in [5, 5.41) is 7.70. The van der Waals surface area contributed by atoms with Crippen LogP contribution in [-0.2, 0) is 0 Å². The molecule has 2 aromatic rings. The Bertz CT molecular complexity index is 424. The molecule has 0 aliphatic carbocycles. The Hall–Kier alpha value is -1.23. The Balaban J connectivity index is 2.46. The van der Waals surface area contributed by atoms with Gasteiger partial charge in [-0.15, -0.1) is 5.10 Å². The zero-order valence-electron chi connectivity index (χ0n) is 6.98. The summed E-state index contributed by atoms with van der Waals surface area (Å²) >= 11 is 3.23. The highest BCUT2D eigenvalue weighted by Crippen LogP contribution is 2.07. The van der Waals surface area contributed by atoms with Gasteiger partial charge in [0, 0.05) is 5.69 Å². The summed E-state index contributed by atoms with van der Waals surface area (Å²) in [6, 6.07) is 5.76. The van der Waals surface area contributed by atoms with Crippen LogP contribution in [0.2, 0.25) is 0 Å². The number of nitrogens with zero attached hydrogens (tertiary/aromatic N) is 4. The Kier molecular flexibility index (Phi) is 2.10. The molecule has 66 valence electrons. The molecule has 2 aromatic heterocycles. The summed E-state index contributed by atoms with van der Waals surface area (Å²) in [7, 11) is 0. The molecule has 0 fully saturated rings. The van der Waals surface area contributed by atoms with Gasteiger partial charge in [0.1, 0.15) is 4.60 Å². The van der Waals surface area contributed by atoms with E-state index in [1.807, 2.05) is 25.1 Å². The van der Waals surface area contributed by atoms with Crippen molar-refractivity contribution in [2.45, 2.75) is 6.92 Å². The van der Waals surface area contributed by atoms with Gasteiger partial charge >= 0.3 is 0 Å². The van der Waals surface area contributed by atoms with Crippen molar-refractivity contribution < 1.29 is 0 Å². The van der Waals surface area contributed by atoms with Crippen molar-refractivity contribution in [2.75, 3.05) is 0 Å². The highest BCUT2D eigenvalue weighted by Gasteiger charge is 2.00. The zero-order chi connectivity index (χ0) is 9.26. The highest BCUT2D eigenvalue weighted by atomic mass is 79.9. The van der Waals surface area contributed by atoms with Crippen molar-refractivity contribution >= 4 is 15.9 Å². The van der Waals surface area contributed by atoms with Crippen LogP contribution in [0.25, 0.3) is 5.82 Å². The number of hydrogen-bond donors (Lipinski definition) is 0. The monoisotopic (exact) mass is 238 g/mol.